The summed E-state index contributed by atoms with van der Waals surface area (Å²) in [6, 6.07) is 17.7. The summed E-state index contributed by atoms with van der Waals surface area (Å²) in [6.45, 7) is 1.62. The largest absolute Gasteiger partial charge is 0.350 e. The normalized spacial score (nSPS) is 13.2. The van der Waals surface area contributed by atoms with E-state index in [0.717, 1.165) is 25.3 Å². The van der Waals surface area contributed by atoms with Gasteiger partial charge in [-0.3, -0.25) is 4.79 Å². The smallest absolute Gasteiger partial charge is 0.276 e. The Balaban J connectivity index is 1.47. The van der Waals surface area contributed by atoms with Gasteiger partial charge in [0.15, 0.2) is 11.5 Å². The predicted octanol–water partition coefficient (Wildman–Crippen LogP) is 3.43. The van der Waals surface area contributed by atoms with Gasteiger partial charge in [-0.25, -0.2) is 4.39 Å². The maximum Gasteiger partial charge on any atom is 0.276 e. The average molecular weight is 348 g/mol. The number of nitrogens with one attached hydrogen (secondary N) is 1. The minimum atomic E-state index is -0.489. The molecule has 26 heavy (non-hydrogen) atoms. The molecule has 0 saturated carbocycles. The molecule has 0 bridgehead atoms. The first-order valence-corrected chi connectivity index (χ1v) is 8.42. The Bertz CT molecular complexity index is 943. The van der Waals surface area contributed by atoms with Gasteiger partial charge < -0.3 is 10.2 Å². The number of para-hydroxylation sites is 1. The maximum absolute atomic E-state index is 13.6. The van der Waals surface area contributed by atoms with Crippen molar-refractivity contribution in [3.8, 4) is 0 Å². The fourth-order valence-corrected chi connectivity index (χ4v) is 3.06. The lowest BCUT2D eigenvalue weighted by molar-refractivity contribution is 0.102. The Hall–Kier alpha value is -3.28. The van der Waals surface area contributed by atoms with Gasteiger partial charge in [0.25, 0.3) is 5.91 Å². The Morgan fingerprint density at radius 2 is 1.73 bits per heavy atom. The molecular weight excluding hydrogens is 331 g/mol. The van der Waals surface area contributed by atoms with Crippen molar-refractivity contribution >= 4 is 17.4 Å². The molecule has 4 rings (SSSR count). The van der Waals surface area contributed by atoms with E-state index in [1.54, 1.807) is 24.3 Å². The molecule has 6 heteroatoms. The first-order chi connectivity index (χ1) is 12.7. The molecule has 0 aliphatic carbocycles. The number of hydrogen-bond acceptors (Lipinski definition) is 4. The van der Waals surface area contributed by atoms with Gasteiger partial charge in [-0.05, 0) is 41.8 Å². The Labute approximate surface area is 150 Å². The van der Waals surface area contributed by atoms with Crippen molar-refractivity contribution in [1.82, 2.24) is 10.2 Å². The number of nitrogens with zero attached hydrogens (tertiary/aromatic N) is 3. The van der Waals surface area contributed by atoms with Crippen LogP contribution in [0.3, 0.4) is 0 Å². The van der Waals surface area contributed by atoms with Gasteiger partial charge in [0, 0.05) is 13.1 Å². The van der Waals surface area contributed by atoms with Crippen LogP contribution in [0.5, 0.6) is 0 Å². The molecule has 3 aromatic rings. The molecule has 1 N–H and O–H groups in total. The molecule has 0 fully saturated rings. The third kappa shape index (κ3) is 3.26. The third-order valence-corrected chi connectivity index (χ3v) is 4.46. The molecule has 1 aliphatic rings. The van der Waals surface area contributed by atoms with Gasteiger partial charge in [0.05, 0.1) is 5.69 Å². The molecule has 2 heterocycles. The number of carbonyl (C=O) groups is 1. The summed E-state index contributed by atoms with van der Waals surface area (Å²) in [4.78, 5) is 14.4. The number of halogens is 1. The topological polar surface area (TPSA) is 58.1 Å². The van der Waals surface area contributed by atoms with Gasteiger partial charge in [0.1, 0.15) is 5.82 Å². The van der Waals surface area contributed by atoms with Crippen molar-refractivity contribution < 1.29 is 9.18 Å². The standard InChI is InChI=1S/C20H17FN4O/c21-16-7-3-4-8-17(16)22-20(26)18-9-10-19(24-23-18)25-12-11-14-5-1-2-6-15(14)13-25/h1-10H,11-13H2,(H,22,26). The van der Waals surface area contributed by atoms with Crippen molar-refractivity contribution in [1.29, 1.82) is 0 Å². The van der Waals surface area contributed by atoms with E-state index < -0.39 is 11.7 Å². The van der Waals surface area contributed by atoms with Gasteiger partial charge in [-0.1, -0.05) is 36.4 Å². The summed E-state index contributed by atoms with van der Waals surface area (Å²) in [5, 5.41) is 10.7. The van der Waals surface area contributed by atoms with Crippen LogP contribution in [0.2, 0.25) is 0 Å². The number of carbonyl (C=O) groups excluding carboxylic acids is 1. The highest BCUT2D eigenvalue weighted by molar-refractivity contribution is 6.02. The zero-order valence-electron chi connectivity index (χ0n) is 14.0. The number of rotatable bonds is 3. The molecule has 0 atom stereocenters. The Morgan fingerprint density at radius 3 is 2.50 bits per heavy atom. The van der Waals surface area contributed by atoms with Crippen LogP contribution in [-0.2, 0) is 13.0 Å². The van der Waals surface area contributed by atoms with E-state index in [-0.39, 0.29) is 11.4 Å². The lowest BCUT2D eigenvalue weighted by atomic mass is 10.00. The number of fused-ring (bicyclic) bond motifs is 1. The van der Waals surface area contributed by atoms with E-state index >= 15 is 0 Å². The maximum atomic E-state index is 13.6. The van der Waals surface area contributed by atoms with Crippen molar-refractivity contribution in [2.24, 2.45) is 0 Å². The zero-order chi connectivity index (χ0) is 17.9. The summed E-state index contributed by atoms with van der Waals surface area (Å²) < 4.78 is 13.6. The summed E-state index contributed by atoms with van der Waals surface area (Å²) in [6.07, 6.45) is 0.952. The molecular formula is C20H17FN4O. The number of benzene rings is 2. The first-order valence-electron chi connectivity index (χ1n) is 8.42. The summed E-state index contributed by atoms with van der Waals surface area (Å²) in [5.41, 5.74) is 2.91. The molecule has 5 nitrogen and oxygen atoms in total. The highest BCUT2D eigenvalue weighted by Gasteiger charge is 2.18. The highest BCUT2D eigenvalue weighted by atomic mass is 19.1. The third-order valence-electron chi connectivity index (χ3n) is 4.46. The van der Waals surface area contributed by atoms with E-state index in [1.807, 2.05) is 6.07 Å². The zero-order valence-corrected chi connectivity index (χ0v) is 14.0. The van der Waals surface area contributed by atoms with E-state index in [4.69, 9.17) is 0 Å². The number of aromatic nitrogens is 2. The second-order valence-corrected chi connectivity index (χ2v) is 6.15. The molecule has 0 spiro atoms. The monoisotopic (exact) mass is 348 g/mol. The first kappa shape index (κ1) is 16.2. The molecule has 0 saturated heterocycles. The van der Waals surface area contributed by atoms with Crippen LogP contribution in [0, 0.1) is 5.82 Å². The summed E-state index contributed by atoms with van der Waals surface area (Å²) >= 11 is 0. The molecule has 0 unspecified atom stereocenters. The number of amides is 1. The fourth-order valence-electron chi connectivity index (χ4n) is 3.06. The van der Waals surface area contributed by atoms with Gasteiger partial charge in [-0.15, -0.1) is 10.2 Å². The summed E-state index contributed by atoms with van der Waals surface area (Å²) in [7, 11) is 0. The van der Waals surface area contributed by atoms with Crippen LogP contribution >= 0.6 is 0 Å². The van der Waals surface area contributed by atoms with Gasteiger partial charge >= 0.3 is 0 Å². The highest BCUT2D eigenvalue weighted by Crippen LogP contribution is 2.22. The molecule has 1 aliphatic heterocycles. The molecule has 1 amide bonds. The van der Waals surface area contributed by atoms with Crippen molar-refractivity contribution in [3.63, 3.8) is 0 Å². The predicted molar refractivity (Wildman–Crippen MR) is 97.6 cm³/mol. The fraction of sp³-hybridized carbons (Fsp3) is 0.150. The van der Waals surface area contributed by atoms with Crippen LogP contribution in [0.15, 0.2) is 60.7 Å². The Morgan fingerprint density at radius 1 is 0.962 bits per heavy atom. The van der Waals surface area contributed by atoms with Crippen molar-refractivity contribution in [2.45, 2.75) is 13.0 Å². The second kappa shape index (κ2) is 6.92. The van der Waals surface area contributed by atoms with Crippen LogP contribution in [0.1, 0.15) is 21.6 Å². The van der Waals surface area contributed by atoms with Gasteiger partial charge in [0.2, 0.25) is 0 Å². The minimum absolute atomic E-state index is 0.121. The van der Waals surface area contributed by atoms with Crippen molar-refractivity contribution in [2.75, 3.05) is 16.8 Å². The van der Waals surface area contributed by atoms with E-state index in [2.05, 4.69) is 38.6 Å². The van der Waals surface area contributed by atoms with E-state index in [1.165, 1.54) is 23.3 Å². The van der Waals surface area contributed by atoms with Crippen molar-refractivity contribution in [3.05, 3.63) is 83.3 Å². The lowest BCUT2D eigenvalue weighted by Crippen LogP contribution is -2.31. The van der Waals surface area contributed by atoms with Crippen LogP contribution in [0.4, 0.5) is 15.9 Å². The van der Waals surface area contributed by atoms with E-state index in [9.17, 15) is 9.18 Å². The molecule has 130 valence electrons. The number of hydrogen-bond donors (Lipinski definition) is 1. The second-order valence-electron chi connectivity index (χ2n) is 6.15. The SMILES string of the molecule is O=C(Nc1ccccc1F)c1ccc(N2CCc3ccccc3C2)nn1. The molecule has 1 aromatic heterocycles. The average Bonchev–Trinajstić information content (AvgIpc) is 2.69. The lowest BCUT2D eigenvalue weighted by Gasteiger charge is -2.29. The quantitative estimate of drug-likeness (QED) is 0.788. The van der Waals surface area contributed by atoms with Gasteiger partial charge in [-0.2, -0.15) is 0 Å². The van der Waals surface area contributed by atoms with Crippen LogP contribution in [0.25, 0.3) is 0 Å². The molecule has 0 radical (unpaired) electrons. The molecule has 2 aromatic carbocycles. The van der Waals surface area contributed by atoms with Crippen LogP contribution in [-0.4, -0.2) is 22.6 Å². The van der Waals surface area contributed by atoms with E-state index in [0.29, 0.717) is 0 Å². The minimum Gasteiger partial charge on any atom is -0.350 e. The summed E-state index contributed by atoms with van der Waals surface area (Å²) in [5.74, 6) is -0.252. The Kier molecular flexibility index (Phi) is 4.31. The van der Waals surface area contributed by atoms with Crippen LogP contribution < -0.4 is 10.2 Å². The number of anilines is 2.